The maximum atomic E-state index is 13.0. The molecule has 0 radical (unpaired) electrons. The van der Waals surface area contributed by atoms with Gasteiger partial charge in [-0.25, -0.2) is 14.8 Å². The quantitative estimate of drug-likeness (QED) is 0.311. The summed E-state index contributed by atoms with van der Waals surface area (Å²) in [6, 6.07) is 5.43. The Morgan fingerprint density at radius 3 is 2.75 bits per heavy atom. The molecule has 7 N–H and O–H groups in total. The number of aryl methyl sites for hydroxylation is 2. The standard InChI is InChI=1S/C23H30N6O6S/c1-12-7-13(2)16-8-15(12)17-9-20(29-22(24)27-17)36-6-4-18(32)28-19(3-5-25-21(16)33)35-23(34)26-10-14(31)11-30/h7-9,14,19,30-31H,3-6,10-11H2,1-2H3,(H,25,33)(H,26,34)(H,28,32)(H2,24,27,29). The van der Waals surface area contributed by atoms with Crippen LogP contribution >= 0.6 is 11.8 Å². The molecule has 12 nitrogen and oxygen atoms in total. The lowest BCUT2D eigenvalue weighted by atomic mass is 9.97. The molecule has 194 valence electrons. The molecule has 13 heteroatoms. The molecule has 0 aliphatic carbocycles. The number of thioether (sulfide) groups is 1. The number of amides is 3. The van der Waals surface area contributed by atoms with Gasteiger partial charge in [-0.1, -0.05) is 6.07 Å². The molecule has 1 aliphatic rings. The number of aromatic nitrogens is 2. The van der Waals surface area contributed by atoms with Gasteiger partial charge in [0.2, 0.25) is 11.9 Å². The van der Waals surface area contributed by atoms with Crippen LogP contribution in [-0.2, 0) is 9.53 Å². The van der Waals surface area contributed by atoms with Crippen LogP contribution in [0.15, 0.2) is 23.2 Å². The van der Waals surface area contributed by atoms with Crippen molar-refractivity contribution in [3.63, 3.8) is 0 Å². The third-order valence-corrected chi connectivity index (χ3v) is 6.26. The fourth-order valence-corrected chi connectivity index (χ4v) is 4.39. The molecular weight excluding hydrogens is 488 g/mol. The van der Waals surface area contributed by atoms with E-state index in [4.69, 9.17) is 15.6 Å². The van der Waals surface area contributed by atoms with Gasteiger partial charge in [0.1, 0.15) is 5.03 Å². The Labute approximate surface area is 212 Å². The Kier molecular flexibility index (Phi) is 9.44. The maximum Gasteiger partial charge on any atom is 0.409 e. The van der Waals surface area contributed by atoms with E-state index in [2.05, 4.69) is 25.9 Å². The summed E-state index contributed by atoms with van der Waals surface area (Å²) in [5.41, 5.74) is 9.40. The minimum absolute atomic E-state index is 0.0809. The minimum atomic E-state index is -1.14. The molecule has 0 spiro atoms. The molecule has 36 heavy (non-hydrogen) atoms. The number of benzene rings is 1. The monoisotopic (exact) mass is 518 g/mol. The number of aliphatic hydroxyl groups is 2. The summed E-state index contributed by atoms with van der Waals surface area (Å²) in [5.74, 6) is -0.234. The predicted molar refractivity (Wildman–Crippen MR) is 133 cm³/mol. The van der Waals surface area contributed by atoms with Crippen LogP contribution in [0.4, 0.5) is 10.7 Å². The van der Waals surface area contributed by atoms with E-state index in [1.54, 1.807) is 12.1 Å². The predicted octanol–water partition coefficient (Wildman–Crippen LogP) is 0.480. The van der Waals surface area contributed by atoms with Gasteiger partial charge in [0.15, 0.2) is 6.23 Å². The number of nitrogens with one attached hydrogen (secondary N) is 3. The van der Waals surface area contributed by atoms with E-state index in [0.717, 1.165) is 16.7 Å². The van der Waals surface area contributed by atoms with E-state index in [0.29, 0.717) is 22.0 Å². The van der Waals surface area contributed by atoms with Crippen LogP contribution in [0.5, 0.6) is 0 Å². The number of aliphatic hydroxyl groups excluding tert-OH is 2. The van der Waals surface area contributed by atoms with Gasteiger partial charge in [0.05, 0.1) is 18.4 Å². The molecule has 2 atom stereocenters. The summed E-state index contributed by atoms with van der Waals surface area (Å²) >= 11 is 1.32. The summed E-state index contributed by atoms with van der Waals surface area (Å²) in [5, 5.41) is 26.6. The number of nitrogens with two attached hydrogens (primary N) is 1. The van der Waals surface area contributed by atoms with Gasteiger partial charge >= 0.3 is 6.09 Å². The normalized spacial score (nSPS) is 17.5. The highest BCUT2D eigenvalue weighted by molar-refractivity contribution is 7.99. The summed E-state index contributed by atoms with van der Waals surface area (Å²) < 4.78 is 5.26. The smallest absolute Gasteiger partial charge is 0.409 e. The van der Waals surface area contributed by atoms with Crippen LogP contribution in [0.3, 0.4) is 0 Å². The Balaban J connectivity index is 1.84. The fourth-order valence-electron chi connectivity index (χ4n) is 3.54. The summed E-state index contributed by atoms with van der Waals surface area (Å²) in [7, 11) is 0. The van der Waals surface area contributed by atoms with Gasteiger partial charge in [0.25, 0.3) is 5.91 Å². The Bertz CT molecular complexity index is 1130. The molecule has 0 saturated heterocycles. The molecular formula is C23H30N6O6S. The highest BCUT2D eigenvalue weighted by Gasteiger charge is 2.20. The van der Waals surface area contributed by atoms with Crippen LogP contribution in [-0.4, -0.2) is 75.9 Å². The lowest BCUT2D eigenvalue weighted by Gasteiger charge is -2.21. The molecule has 1 aliphatic heterocycles. The second-order valence-corrected chi connectivity index (χ2v) is 9.37. The second kappa shape index (κ2) is 12.5. The number of nitrogen functional groups attached to an aromatic ring is 1. The second-order valence-electron chi connectivity index (χ2n) is 8.25. The minimum Gasteiger partial charge on any atom is -0.425 e. The van der Waals surface area contributed by atoms with Crippen molar-refractivity contribution in [2.75, 3.05) is 31.2 Å². The molecule has 2 unspecified atom stereocenters. The van der Waals surface area contributed by atoms with E-state index < -0.39 is 25.0 Å². The number of hydrogen-bond acceptors (Lipinski definition) is 10. The number of carbonyl (C=O) groups is 3. The Morgan fingerprint density at radius 2 is 2.00 bits per heavy atom. The van der Waals surface area contributed by atoms with Crippen molar-refractivity contribution in [1.82, 2.24) is 25.9 Å². The van der Waals surface area contributed by atoms with Gasteiger partial charge < -0.3 is 36.6 Å². The number of alkyl carbamates (subject to hydrolysis) is 1. The highest BCUT2D eigenvalue weighted by atomic mass is 32.2. The number of rotatable bonds is 4. The van der Waals surface area contributed by atoms with E-state index >= 15 is 0 Å². The van der Waals surface area contributed by atoms with Crippen LogP contribution in [0.2, 0.25) is 0 Å². The van der Waals surface area contributed by atoms with Crippen molar-refractivity contribution < 1.29 is 29.3 Å². The molecule has 4 bridgehead atoms. The first kappa shape index (κ1) is 27.2. The average molecular weight is 519 g/mol. The van der Waals surface area contributed by atoms with Crippen molar-refractivity contribution in [3.05, 3.63) is 34.9 Å². The SMILES string of the molecule is Cc1cc(C)c2cc1C(=O)NCCC(OC(=O)NCC(O)CO)NC(=O)CCSc1cc-2nc(N)n1. The zero-order valence-electron chi connectivity index (χ0n) is 20.0. The zero-order valence-corrected chi connectivity index (χ0v) is 20.9. The molecule has 1 aromatic heterocycles. The van der Waals surface area contributed by atoms with Gasteiger partial charge in [0, 0.05) is 42.8 Å². The van der Waals surface area contributed by atoms with Crippen molar-refractivity contribution in [2.45, 2.75) is 44.0 Å². The highest BCUT2D eigenvalue weighted by Crippen LogP contribution is 2.29. The van der Waals surface area contributed by atoms with Crippen LogP contribution in [0.25, 0.3) is 11.3 Å². The summed E-state index contributed by atoms with van der Waals surface area (Å²) in [4.78, 5) is 46.1. The maximum absolute atomic E-state index is 13.0. The average Bonchev–Trinajstić information content (AvgIpc) is 2.81. The topological polar surface area (TPSA) is 189 Å². The first-order valence-corrected chi connectivity index (χ1v) is 12.3. The number of hydrogen-bond donors (Lipinski definition) is 6. The van der Waals surface area contributed by atoms with Gasteiger partial charge in [-0.2, -0.15) is 0 Å². The Hall–Kier alpha value is -3.42. The van der Waals surface area contributed by atoms with Crippen molar-refractivity contribution >= 4 is 35.6 Å². The van der Waals surface area contributed by atoms with E-state index in [1.807, 2.05) is 19.9 Å². The third-order valence-electron chi connectivity index (χ3n) is 5.35. The fraction of sp³-hybridized carbons (Fsp3) is 0.435. The van der Waals surface area contributed by atoms with Crippen molar-refractivity contribution in [2.24, 2.45) is 0 Å². The van der Waals surface area contributed by atoms with Crippen LogP contribution in [0.1, 0.15) is 34.3 Å². The number of carbonyl (C=O) groups excluding carboxylic acids is 3. The lowest BCUT2D eigenvalue weighted by molar-refractivity contribution is -0.123. The largest absolute Gasteiger partial charge is 0.425 e. The van der Waals surface area contributed by atoms with Crippen molar-refractivity contribution in [1.29, 1.82) is 0 Å². The van der Waals surface area contributed by atoms with Crippen LogP contribution in [0, 0.1) is 13.8 Å². The number of anilines is 1. The first-order valence-electron chi connectivity index (χ1n) is 11.4. The zero-order chi connectivity index (χ0) is 26.2. The molecule has 3 rings (SSSR count). The lowest BCUT2D eigenvalue weighted by Crippen LogP contribution is -2.44. The molecule has 0 saturated carbocycles. The molecule has 2 heterocycles. The van der Waals surface area contributed by atoms with E-state index in [1.165, 1.54) is 11.8 Å². The van der Waals surface area contributed by atoms with E-state index in [-0.39, 0.29) is 43.7 Å². The van der Waals surface area contributed by atoms with Crippen LogP contribution < -0.4 is 21.7 Å². The van der Waals surface area contributed by atoms with Crippen molar-refractivity contribution in [3.8, 4) is 11.3 Å². The molecule has 3 amide bonds. The molecule has 1 aromatic carbocycles. The number of fused-ring (bicyclic) bond motifs is 5. The summed E-state index contributed by atoms with van der Waals surface area (Å²) in [6.45, 7) is 3.12. The van der Waals surface area contributed by atoms with Gasteiger partial charge in [-0.3, -0.25) is 9.59 Å². The first-order chi connectivity index (χ1) is 17.2. The van der Waals surface area contributed by atoms with E-state index in [9.17, 15) is 19.5 Å². The molecule has 0 fully saturated rings. The third kappa shape index (κ3) is 7.54. The molecule has 2 aromatic rings. The summed E-state index contributed by atoms with van der Waals surface area (Å²) in [6.07, 6.45) is -2.84. The number of ether oxygens (including phenoxy) is 1. The van der Waals surface area contributed by atoms with Gasteiger partial charge in [-0.15, -0.1) is 11.8 Å². The Morgan fingerprint density at radius 1 is 1.25 bits per heavy atom. The number of nitrogens with zero attached hydrogens (tertiary/aromatic N) is 2. The van der Waals surface area contributed by atoms with Gasteiger partial charge in [-0.05, 0) is 37.1 Å².